The first-order chi connectivity index (χ1) is 16.1. The zero-order valence-electron chi connectivity index (χ0n) is 19.9. The number of amides is 4. The minimum atomic E-state index is -3.77. The van der Waals surface area contributed by atoms with Crippen molar-refractivity contribution in [2.75, 3.05) is 6.54 Å². The van der Waals surface area contributed by atoms with Crippen LogP contribution in [-0.4, -0.2) is 66.9 Å². The predicted octanol–water partition coefficient (Wildman–Crippen LogP) is 0.732. The Kier molecular flexibility index (Phi) is 8.72. The Balaban J connectivity index is 1.83. The van der Waals surface area contributed by atoms with E-state index in [9.17, 15) is 27.6 Å². The lowest BCUT2D eigenvalue weighted by Crippen LogP contribution is -2.57. The van der Waals surface area contributed by atoms with Crippen LogP contribution in [0.15, 0.2) is 12.2 Å². The second kappa shape index (κ2) is 11.3. The van der Waals surface area contributed by atoms with Crippen LogP contribution < -0.4 is 15.4 Å². The maximum atomic E-state index is 13.3. The Bertz CT molecular complexity index is 930. The maximum Gasteiger partial charge on any atom is 0.256 e. The maximum absolute atomic E-state index is 13.3. The highest BCUT2D eigenvalue weighted by molar-refractivity contribution is 7.90. The summed E-state index contributed by atoms with van der Waals surface area (Å²) in [6.07, 6.45) is 9.59. The van der Waals surface area contributed by atoms with Gasteiger partial charge in [-0.05, 0) is 44.9 Å². The molecule has 11 heteroatoms. The molecule has 3 aliphatic rings. The summed E-state index contributed by atoms with van der Waals surface area (Å²) in [4.78, 5) is 52.6. The zero-order valence-corrected chi connectivity index (χ0v) is 20.7. The Morgan fingerprint density at radius 2 is 1.79 bits per heavy atom. The Morgan fingerprint density at radius 1 is 1.06 bits per heavy atom. The van der Waals surface area contributed by atoms with Gasteiger partial charge >= 0.3 is 0 Å². The summed E-state index contributed by atoms with van der Waals surface area (Å²) in [6, 6.07) is -2.57. The summed E-state index contributed by atoms with van der Waals surface area (Å²) in [7, 11) is -3.77. The van der Waals surface area contributed by atoms with Crippen LogP contribution in [0.3, 0.4) is 0 Å². The Hall–Kier alpha value is -2.43. The Morgan fingerprint density at radius 3 is 2.47 bits per heavy atom. The number of rotatable bonds is 4. The molecule has 0 aromatic carbocycles. The smallest absolute Gasteiger partial charge is 0.256 e. The number of allylic oxidation sites excluding steroid dienone is 1. The fourth-order valence-electron chi connectivity index (χ4n) is 4.57. The quantitative estimate of drug-likeness (QED) is 0.490. The van der Waals surface area contributed by atoms with Gasteiger partial charge in [0, 0.05) is 19.4 Å². The van der Waals surface area contributed by atoms with E-state index in [0.717, 1.165) is 25.7 Å². The van der Waals surface area contributed by atoms with Gasteiger partial charge in [-0.1, -0.05) is 31.9 Å². The third kappa shape index (κ3) is 6.80. The molecule has 0 spiro atoms. The lowest BCUT2D eigenvalue weighted by molar-refractivity contribution is -0.142. The van der Waals surface area contributed by atoms with E-state index in [1.807, 2.05) is 12.2 Å². The number of sulfonamides is 1. The minimum Gasteiger partial charge on any atom is -0.345 e. The van der Waals surface area contributed by atoms with E-state index in [1.54, 1.807) is 6.92 Å². The van der Waals surface area contributed by atoms with Crippen LogP contribution in [0.2, 0.25) is 0 Å². The van der Waals surface area contributed by atoms with Gasteiger partial charge in [-0.25, -0.2) is 8.42 Å². The van der Waals surface area contributed by atoms with Crippen molar-refractivity contribution in [2.45, 2.75) is 95.0 Å². The summed E-state index contributed by atoms with van der Waals surface area (Å²) in [6.45, 7) is 3.50. The first kappa shape index (κ1) is 26.2. The van der Waals surface area contributed by atoms with E-state index in [1.165, 1.54) is 11.8 Å². The van der Waals surface area contributed by atoms with Crippen LogP contribution in [-0.2, 0) is 29.2 Å². The van der Waals surface area contributed by atoms with Crippen molar-refractivity contribution in [1.29, 1.82) is 0 Å². The molecule has 190 valence electrons. The lowest BCUT2D eigenvalue weighted by atomic mass is 9.99. The van der Waals surface area contributed by atoms with E-state index >= 15 is 0 Å². The monoisotopic (exact) mass is 496 g/mol. The number of hydrogen-bond acceptors (Lipinski definition) is 6. The molecule has 2 heterocycles. The normalized spacial score (nSPS) is 30.4. The van der Waals surface area contributed by atoms with Gasteiger partial charge in [0.25, 0.3) is 5.91 Å². The SMILES string of the molecule is CC(=O)N[C@H]1CCCCC/C=C\[C@H](C)[C@H](C(=O)NS(=O)(=O)C2CC2)NC(=O)[C@@H]2CCCN2C1=O. The molecule has 0 unspecified atom stereocenters. The lowest BCUT2D eigenvalue weighted by Gasteiger charge is -2.30. The zero-order chi connectivity index (χ0) is 24.9. The fraction of sp³-hybridized carbons (Fsp3) is 0.739. The molecule has 34 heavy (non-hydrogen) atoms. The number of carbonyl (C=O) groups excluding carboxylic acids is 4. The molecule has 1 saturated carbocycles. The molecule has 3 rings (SSSR count). The van der Waals surface area contributed by atoms with Crippen LogP contribution in [0.4, 0.5) is 0 Å². The molecule has 2 fully saturated rings. The van der Waals surface area contributed by atoms with Crippen molar-refractivity contribution >= 4 is 33.7 Å². The standard InChI is InChI=1S/C23H36N4O6S/c1-15-9-6-4-3-5-7-10-18(24-16(2)28)23(31)27-14-8-11-19(27)21(29)25-20(15)22(30)26-34(32,33)17-12-13-17/h6,9,15,17-20H,3-5,7-8,10-14H2,1-2H3,(H,24,28)(H,25,29)(H,26,30)/b9-6-/t15-,18-,19-,20+/m0/s1. The molecular weight excluding hydrogens is 460 g/mol. The van der Waals surface area contributed by atoms with Gasteiger partial charge < -0.3 is 15.5 Å². The van der Waals surface area contributed by atoms with E-state index in [-0.39, 0.29) is 11.8 Å². The minimum absolute atomic E-state index is 0.300. The summed E-state index contributed by atoms with van der Waals surface area (Å²) in [5, 5.41) is 4.88. The van der Waals surface area contributed by atoms with Gasteiger partial charge in [0.15, 0.2) is 0 Å². The number of nitrogens with zero attached hydrogens (tertiary/aromatic N) is 1. The molecule has 0 aromatic rings. The molecular formula is C23H36N4O6S. The third-order valence-electron chi connectivity index (χ3n) is 6.63. The molecule has 0 radical (unpaired) electrons. The number of fused-ring (bicyclic) bond motifs is 1. The van der Waals surface area contributed by atoms with E-state index in [0.29, 0.717) is 38.6 Å². The Labute approximate surface area is 201 Å². The van der Waals surface area contributed by atoms with Crippen molar-refractivity contribution in [3.8, 4) is 0 Å². The van der Waals surface area contributed by atoms with Crippen LogP contribution in [0.25, 0.3) is 0 Å². The van der Waals surface area contributed by atoms with Gasteiger partial charge in [0.05, 0.1) is 5.25 Å². The first-order valence-electron chi connectivity index (χ1n) is 12.2. The predicted molar refractivity (Wildman–Crippen MR) is 126 cm³/mol. The van der Waals surface area contributed by atoms with Gasteiger partial charge in [0.1, 0.15) is 18.1 Å². The highest BCUT2D eigenvalue weighted by atomic mass is 32.2. The summed E-state index contributed by atoms with van der Waals surface area (Å²) in [5.41, 5.74) is 0. The molecule has 1 aliphatic carbocycles. The van der Waals surface area contributed by atoms with Gasteiger partial charge in [-0.2, -0.15) is 0 Å². The summed E-state index contributed by atoms with van der Waals surface area (Å²) < 4.78 is 26.8. The van der Waals surface area contributed by atoms with Crippen LogP contribution >= 0.6 is 0 Å². The fourth-order valence-corrected chi connectivity index (χ4v) is 5.90. The van der Waals surface area contributed by atoms with Crippen molar-refractivity contribution in [3.05, 3.63) is 12.2 Å². The highest BCUT2D eigenvalue weighted by Crippen LogP contribution is 2.27. The van der Waals surface area contributed by atoms with E-state index in [2.05, 4.69) is 15.4 Å². The third-order valence-corrected chi connectivity index (χ3v) is 8.46. The van der Waals surface area contributed by atoms with Crippen LogP contribution in [0.1, 0.15) is 71.6 Å². The molecule has 1 saturated heterocycles. The van der Waals surface area contributed by atoms with Crippen molar-refractivity contribution in [2.24, 2.45) is 5.92 Å². The number of hydrogen-bond donors (Lipinski definition) is 3. The van der Waals surface area contributed by atoms with Crippen molar-refractivity contribution < 1.29 is 27.6 Å². The summed E-state index contributed by atoms with van der Waals surface area (Å²) in [5.74, 6) is -2.31. The van der Waals surface area contributed by atoms with Gasteiger partial charge in [-0.3, -0.25) is 23.9 Å². The van der Waals surface area contributed by atoms with Crippen LogP contribution in [0, 0.1) is 5.92 Å². The molecule has 0 bridgehead atoms. The molecule has 0 aromatic heterocycles. The number of carbonyl (C=O) groups is 4. The average molecular weight is 497 g/mol. The topological polar surface area (TPSA) is 142 Å². The van der Waals surface area contributed by atoms with Crippen molar-refractivity contribution in [3.63, 3.8) is 0 Å². The molecule has 3 N–H and O–H groups in total. The first-order valence-corrected chi connectivity index (χ1v) is 13.7. The van der Waals surface area contributed by atoms with E-state index < -0.39 is 51.1 Å². The second-order valence-corrected chi connectivity index (χ2v) is 11.5. The van der Waals surface area contributed by atoms with Crippen LogP contribution in [0.5, 0.6) is 0 Å². The number of nitrogens with one attached hydrogen (secondary N) is 3. The molecule has 10 nitrogen and oxygen atoms in total. The van der Waals surface area contributed by atoms with Gasteiger partial charge in [0.2, 0.25) is 27.7 Å². The second-order valence-electron chi connectivity index (χ2n) is 9.56. The molecule has 2 aliphatic heterocycles. The average Bonchev–Trinajstić information content (AvgIpc) is 3.52. The van der Waals surface area contributed by atoms with Gasteiger partial charge in [-0.15, -0.1) is 0 Å². The molecule has 4 amide bonds. The summed E-state index contributed by atoms with van der Waals surface area (Å²) >= 11 is 0. The molecule has 4 atom stereocenters. The van der Waals surface area contributed by atoms with Crippen molar-refractivity contribution in [1.82, 2.24) is 20.3 Å². The van der Waals surface area contributed by atoms with E-state index in [4.69, 9.17) is 0 Å². The largest absolute Gasteiger partial charge is 0.345 e. The highest BCUT2D eigenvalue weighted by Gasteiger charge is 2.41.